The second-order valence-corrected chi connectivity index (χ2v) is 15.3. The van der Waals surface area contributed by atoms with Crippen LogP contribution in [-0.4, -0.2) is 85.1 Å². The smallest absolute Gasteiger partial charge is 0.240 e. The van der Waals surface area contributed by atoms with Gasteiger partial charge in [-0.05, 0) is 55.2 Å². The van der Waals surface area contributed by atoms with Crippen LogP contribution in [0.1, 0.15) is 61.0 Å². The molecule has 0 aliphatic carbocycles. The Labute approximate surface area is 310 Å². The number of rotatable bonds is 13. The molecule has 3 aliphatic rings. The van der Waals surface area contributed by atoms with Crippen molar-refractivity contribution in [2.75, 3.05) is 58.5 Å². The second-order valence-electron chi connectivity index (χ2n) is 14.3. The van der Waals surface area contributed by atoms with Gasteiger partial charge in [0.1, 0.15) is 12.4 Å². The van der Waals surface area contributed by atoms with Crippen LogP contribution in [-0.2, 0) is 46.6 Å². The van der Waals surface area contributed by atoms with Crippen molar-refractivity contribution in [3.8, 4) is 0 Å². The van der Waals surface area contributed by atoms with Crippen LogP contribution >= 0.6 is 11.8 Å². The van der Waals surface area contributed by atoms with Gasteiger partial charge in [-0.2, -0.15) is 0 Å². The third-order valence-electron chi connectivity index (χ3n) is 11.4. The molecule has 274 valence electrons. The fourth-order valence-corrected chi connectivity index (χ4v) is 8.94. The quantitative estimate of drug-likeness (QED) is 0.181. The topological polar surface area (TPSA) is 117 Å². The van der Waals surface area contributed by atoms with Crippen LogP contribution in [0.3, 0.4) is 0 Å². The summed E-state index contributed by atoms with van der Waals surface area (Å²) in [6.45, 7) is 4.89. The maximum atomic E-state index is 14.0. The highest BCUT2D eigenvalue weighted by molar-refractivity contribution is 7.99. The molecule has 7 rings (SSSR count). The molecular weight excluding hydrogens is 675 g/mol. The van der Waals surface area contributed by atoms with Crippen molar-refractivity contribution in [1.82, 2.24) is 25.4 Å². The van der Waals surface area contributed by atoms with E-state index in [4.69, 9.17) is 19.3 Å². The minimum atomic E-state index is -0.481. The minimum Gasteiger partial charge on any atom is -0.381 e. The van der Waals surface area contributed by atoms with Crippen molar-refractivity contribution in [3.63, 3.8) is 0 Å². The van der Waals surface area contributed by atoms with Crippen LogP contribution in [0.4, 0.5) is 0 Å². The van der Waals surface area contributed by atoms with Crippen molar-refractivity contribution >= 4 is 23.6 Å². The molecule has 2 amide bonds. The van der Waals surface area contributed by atoms with E-state index in [1.165, 1.54) is 22.9 Å². The molecule has 3 fully saturated rings. The number of benzene rings is 3. The summed E-state index contributed by atoms with van der Waals surface area (Å²) in [5.74, 6) is 0.683. The largest absolute Gasteiger partial charge is 0.381 e. The molecule has 2 N–H and O–H groups in total. The first-order valence-corrected chi connectivity index (χ1v) is 19.5. The third kappa shape index (κ3) is 7.97. The van der Waals surface area contributed by atoms with Crippen molar-refractivity contribution in [2.45, 2.75) is 66.5 Å². The summed E-state index contributed by atoms with van der Waals surface area (Å²) < 4.78 is 19.2. The van der Waals surface area contributed by atoms with Crippen LogP contribution < -0.4 is 10.6 Å². The van der Waals surface area contributed by atoms with E-state index in [2.05, 4.69) is 76.4 Å². The van der Waals surface area contributed by atoms with Gasteiger partial charge in [-0.3, -0.25) is 14.2 Å². The molecule has 0 saturated carbocycles. The molecule has 4 aromatic rings. The summed E-state index contributed by atoms with van der Waals surface area (Å²) >= 11 is 1.32. The molecular formula is C41H49N5O5S. The molecule has 3 aliphatic heterocycles. The van der Waals surface area contributed by atoms with E-state index in [9.17, 15) is 9.59 Å². The number of hydrogen-bond acceptors (Lipinski definition) is 8. The van der Waals surface area contributed by atoms with Crippen molar-refractivity contribution in [3.05, 3.63) is 114 Å². The van der Waals surface area contributed by atoms with E-state index >= 15 is 0 Å². The average Bonchev–Trinajstić information content (AvgIpc) is 3.62. The summed E-state index contributed by atoms with van der Waals surface area (Å²) in [5.41, 5.74) is 2.71. The number of thioether (sulfide) groups is 1. The van der Waals surface area contributed by atoms with Gasteiger partial charge in [-0.1, -0.05) is 103 Å². The Balaban J connectivity index is 1.11. The van der Waals surface area contributed by atoms with E-state index in [-0.39, 0.29) is 34.9 Å². The lowest BCUT2D eigenvalue weighted by atomic mass is 9.73. The molecule has 11 heteroatoms. The zero-order valence-electron chi connectivity index (χ0n) is 29.8. The Morgan fingerprint density at radius 1 is 0.596 bits per heavy atom. The fraction of sp³-hybridized carbons (Fsp3) is 0.463. The Hall–Kier alpha value is -4.03. The molecule has 3 aromatic carbocycles. The van der Waals surface area contributed by atoms with Crippen LogP contribution in [0.25, 0.3) is 0 Å². The Bertz CT molecular complexity index is 1750. The SMILES string of the molecule is O=C(CSc1nnc(C2(c3ccccc3)CCOCC2)n1CC(=O)NCC1(c2ccccc2)CCOCC1)NCC1(c2ccccc2)CCOCC1. The van der Waals surface area contributed by atoms with Gasteiger partial charge in [-0.25, -0.2) is 0 Å². The zero-order valence-corrected chi connectivity index (χ0v) is 30.6. The summed E-state index contributed by atoms with van der Waals surface area (Å²) in [7, 11) is 0. The number of aromatic nitrogens is 3. The highest BCUT2D eigenvalue weighted by atomic mass is 32.2. The normalized spacial score (nSPS) is 19.4. The second kappa shape index (κ2) is 16.8. The number of carbonyl (C=O) groups excluding carboxylic acids is 2. The van der Waals surface area contributed by atoms with E-state index in [0.717, 1.165) is 37.1 Å². The molecule has 0 bridgehead atoms. The van der Waals surface area contributed by atoms with Crippen LogP contribution in [0.2, 0.25) is 0 Å². The third-order valence-corrected chi connectivity index (χ3v) is 12.3. The number of amides is 2. The summed E-state index contributed by atoms with van der Waals surface area (Å²) in [5, 5.41) is 16.5. The van der Waals surface area contributed by atoms with Gasteiger partial charge in [-0.15, -0.1) is 10.2 Å². The van der Waals surface area contributed by atoms with Gasteiger partial charge in [0.25, 0.3) is 0 Å². The van der Waals surface area contributed by atoms with Crippen LogP contribution in [0, 0.1) is 0 Å². The van der Waals surface area contributed by atoms with Crippen molar-refractivity contribution in [2.24, 2.45) is 0 Å². The summed E-state index contributed by atoms with van der Waals surface area (Å²) in [6.07, 6.45) is 4.79. The highest BCUT2D eigenvalue weighted by Gasteiger charge is 2.42. The summed E-state index contributed by atoms with van der Waals surface area (Å²) in [6, 6.07) is 31.2. The van der Waals surface area contributed by atoms with Gasteiger partial charge in [0.15, 0.2) is 5.16 Å². The van der Waals surface area contributed by atoms with E-state index < -0.39 is 5.41 Å². The molecule has 10 nitrogen and oxygen atoms in total. The minimum absolute atomic E-state index is 0.0419. The predicted octanol–water partition coefficient (Wildman–Crippen LogP) is 5.20. The lowest BCUT2D eigenvalue weighted by Gasteiger charge is -2.38. The summed E-state index contributed by atoms with van der Waals surface area (Å²) in [4.78, 5) is 27.5. The predicted molar refractivity (Wildman–Crippen MR) is 200 cm³/mol. The maximum absolute atomic E-state index is 14.0. The van der Waals surface area contributed by atoms with Gasteiger partial charge in [0.05, 0.1) is 11.2 Å². The lowest BCUT2D eigenvalue weighted by molar-refractivity contribution is -0.122. The first-order chi connectivity index (χ1) is 25.5. The van der Waals surface area contributed by atoms with E-state index in [1.807, 2.05) is 34.9 Å². The van der Waals surface area contributed by atoms with Crippen molar-refractivity contribution in [1.29, 1.82) is 0 Å². The van der Waals surface area contributed by atoms with E-state index in [1.54, 1.807) is 0 Å². The average molecular weight is 724 g/mol. The molecule has 3 saturated heterocycles. The molecule has 52 heavy (non-hydrogen) atoms. The van der Waals surface area contributed by atoms with Gasteiger partial charge in [0.2, 0.25) is 11.8 Å². The standard InChI is InChI=1S/C41H49N5O5S/c47-35(42-30-39(16-22-49-23-17-39)32-10-4-1-5-11-32)28-46-37(41(20-26-51-27-21-41)34-14-8-3-9-15-34)44-45-38(46)52-29-36(48)43-31-40(18-24-50-25-19-40)33-12-6-2-7-13-33/h1-15H,16-31H2,(H,42,47)(H,43,48). The first-order valence-electron chi connectivity index (χ1n) is 18.5. The fourth-order valence-electron chi connectivity index (χ4n) is 8.17. The number of carbonyl (C=O) groups is 2. The van der Waals surface area contributed by atoms with E-state index in [0.29, 0.717) is 70.7 Å². The number of hydrogen-bond donors (Lipinski definition) is 2. The molecule has 0 unspecified atom stereocenters. The Morgan fingerprint density at radius 2 is 1.04 bits per heavy atom. The molecule has 0 radical (unpaired) electrons. The van der Waals surface area contributed by atoms with Crippen LogP contribution in [0.5, 0.6) is 0 Å². The molecule has 0 atom stereocenters. The lowest BCUT2D eigenvalue weighted by Crippen LogP contribution is -2.46. The Kier molecular flexibility index (Phi) is 11.7. The first kappa shape index (κ1) is 36.3. The highest BCUT2D eigenvalue weighted by Crippen LogP contribution is 2.42. The number of nitrogens with zero attached hydrogens (tertiary/aromatic N) is 3. The maximum Gasteiger partial charge on any atom is 0.240 e. The Morgan fingerprint density at radius 3 is 1.54 bits per heavy atom. The number of nitrogens with one attached hydrogen (secondary N) is 2. The molecule has 0 spiro atoms. The van der Waals surface area contributed by atoms with Gasteiger partial charge < -0.3 is 24.8 Å². The zero-order chi connectivity index (χ0) is 35.7. The molecule has 1 aromatic heterocycles. The van der Waals surface area contributed by atoms with Gasteiger partial charge >= 0.3 is 0 Å². The monoisotopic (exact) mass is 723 g/mol. The number of ether oxygens (including phenoxy) is 3. The molecule has 4 heterocycles. The van der Waals surface area contributed by atoms with Crippen LogP contribution in [0.15, 0.2) is 96.2 Å². The van der Waals surface area contributed by atoms with Crippen molar-refractivity contribution < 1.29 is 23.8 Å². The van der Waals surface area contributed by atoms with Gasteiger partial charge in [0, 0.05) is 63.6 Å².